The lowest BCUT2D eigenvalue weighted by molar-refractivity contribution is 0.475. The fraction of sp³-hybridized carbons (Fsp3) is 0.444. The molecular weight excluding hydrogens is 336 g/mol. The molecule has 2 aromatic rings. The van der Waals surface area contributed by atoms with Crippen LogP contribution in [0.1, 0.15) is 24.0 Å². The molecule has 0 amide bonds. The van der Waals surface area contributed by atoms with Crippen molar-refractivity contribution in [3.63, 3.8) is 0 Å². The second kappa shape index (κ2) is 8.03. The van der Waals surface area contributed by atoms with Gasteiger partial charge in [0, 0.05) is 49.7 Å². The minimum Gasteiger partial charge on any atom is -0.311 e. The maximum absolute atomic E-state index is 12.1. The van der Waals surface area contributed by atoms with Crippen LogP contribution in [0.4, 0.5) is 0 Å². The zero-order chi connectivity index (χ0) is 17.7. The third-order valence-electron chi connectivity index (χ3n) is 4.31. The van der Waals surface area contributed by atoms with E-state index in [4.69, 9.17) is 0 Å². The largest absolute Gasteiger partial charge is 0.311 e. The Morgan fingerprint density at radius 2 is 1.88 bits per heavy atom. The second-order valence-electron chi connectivity index (χ2n) is 6.38. The summed E-state index contributed by atoms with van der Waals surface area (Å²) in [6, 6.07) is 8.07. The quantitative estimate of drug-likeness (QED) is 0.764. The molecule has 1 aliphatic heterocycles. The van der Waals surface area contributed by atoms with Crippen molar-refractivity contribution < 1.29 is 8.42 Å². The van der Waals surface area contributed by atoms with Gasteiger partial charge in [-0.2, -0.15) is 0 Å². The smallest absolute Gasteiger partial charge is 0.215 e. The van der Waals surface area contributed by atoms with Gasteiger partial charge in [-0.15, -0.1) is 0 Å². The number of hydrogen-bond donors (Lipinski definition) is 1. The molecule has 134 valence electrons. The van der Waals surface area contributed by atoms with E-state index in [1.165, 1.54) is 5.56 Å². The van der Waals surface area contributed by atoms with Crippen molar-refractivity contribution in [1.29, 1.82) is 0 Å². The highest BCUT2D eigenvalue weighted by atomic mass is 32.2. The minimum atomic E-state index is -3.12. The van der Waals surface area contributed by atoms with Gasteiger partial charge in [0.05, 0.1) is 5.75 Å². The standard InChI is InChI=1S/C18H24N4O2S/c1-15-5-4-6-17(11-15)18-20-13-16(14-21-18)12-19-7-10-25(23,24)22-8-2-3-9-22/h4-6,11,13-14,19H,2-3,7-10,12H2,1H3. The molecule has 0 unspecified atom stereocenters. The summed E-state index contributed by atoms with van der Waals surface area (Å²) in [7, 11) is -3.12. The minimum absolute atomic E-state index is 0.134. The Kier molecular flexibility index (Phi) is 5.78. The molecular formula is C18H24N4O2S. The highest BCUT2D eigenvalue weighted by molar-refractivity contribution is 7.89. The molecule has 0 atom stereocenters. The van der Waals surface area contributed by atoms with Gasteiger partial charge in [-0.3, -0.25) is 0 Å². The zero-order valence-corrected chi connectivity index (χ0v) is 15.3. The molecule has 1 N–H and O–H groups in total. The van der Waals surface area contributed by atoms with E-state index < -0.39 is 10.0 Å². The monoisotopic (exact) mass is 360 g/mol. The van der Waals surface area contributed by atoms with Crippen molar-refractivity contribution >= 4 is 10.0 Å². The predicted molar refractivity (Wildman–Crippen MR) is 98.5 cm³/mol. The number of benzene rings is 1. The topological polar surface area (TPSA) is 75.2 Å². The van der Waals surface area contributed by atoms with E-state index >= 15 is 0 Å². The van der Waals surface area contributed by atoms with E-state index in [9.17, 15) is 8.42 Å². The maximum atomic E-state index is 12.1. The Bertz CT molecular complexity index is 800. The van der Waals surface area contributed by atoms with Crippen LogP contribution in [0.5, 0.6) is 0 Å². The van der Waals surface area contributed by atoms with Crippen LogP contribution in [0.2, 0.25) is 0 Å². The van der Waals surface area contributed by atoms with Gasteiger partial charge in [0.1, 0.15) is 0 Å². The average molecular weight is 360 g/mol. The number of nitrogens with one attached hydrogen (secondary N) is 1. The van der Waals surface area contributed by atoms with Gasteiger partial charge in [-0.05, 0) is 25.8 Å². The number of nitrogens with zero attached hydrogens (tertiary/aromatic N) is 3. The van der Waals surface area contributed by atoms with Gasteiger partial charge in [0.25, 0.3) is 0 Å². The lowest BCUT2D eigenvalue weighted by atomic mass is 10.1. The Morgan fingerprint density at radius 3 is 2.56 bits per heavy atom. The Balaban J connectivity index is 1.49. The molecule has 1 saturated heterocycles. The third-order valence-corrected chi connectivity index (χ3v) is 6.18. The lowest BCUT2D eigenvalue weighted by Crippen LogP contribution is -2.34. The van der Waals surface area contributed by atoms with Crippen LogP contribution in [0.25, 0.3) is 11.4 Å². The summed E-state index contributed by atoms with van der Waals surface area (Å²) in [5, 5.41) is 3.16. The van der Waals surface area contributed by atoms with Gasteiger partial charge >= 0.3 is 0 Å². The Labute approximate surface area is 149 Å². The number of aromatic nitrogens is 2. The molecule has 1 fully saturated rings. The molecule has 3 rings (SSSR count). The van der Waals surface area contributed by atoms with Crippen LogP contribution in [-0.2, 0) is 16.6 Å². The van der Waals surface area contributed by atoms with Crippen LogP contribution in [0.3, 0.4) is 0 Å². The normalized spacial score (nSPS) is 15.6. The Morgan fingerprint density at radius 1 is 1.16 bits per heavy atom. The third kappa shape index (κ3) is 4.84. The average Bonchev–Trinajstić information content (AvgIpc) is 3.15. The maximum Gasteiger partial charge on any atom is 0.215 e. The van der Waals surface area contributed by atoms with Gasteiger partial charge in [-0.1, -0.05) is 23.8 Å². The molecule has 7 heteroatoms. The number of hydrogen-bond acceptors (Lipinski definition) is 5. The van der Waals surface area contributed by atoms with Gasteiger partial charge in [0.15, 0.2) is 5.82 Å². The first-order valence-corrected chi connectivity index (χ1v) is 10.2. The summed E-state index contributed by atoms with van der Waals surface area (Å²) in [6.45, 7) is 4.35. The van der Waals surface area contributed by atoms with E-state index in [2.05, 4.69) is 21.4 Å². The fourth-order valence-electron chi connectivity index (χ4n) is 2.91. The SMILES string of the molecule is Cc1cccc(-c2ncc(CNCCS(=O)(=O)N3CCCC3)cn2)c1. The van der Waals surface area contributed by atoms with E-state index in [0.717, 1.165) is 24.0 Å². The summed E-state index contributed by atoms with van der Waals surface area (Å²) < 4.78 is 25.9. The van der Waals surface area contributed by atoms with Crippen molar-refractivity contribution in [3.05, 3.63) is 47.8 Å². The summed E-state index contributed by atoms with van der Waals surface area (Å²) >= 11 is 0. The molecule has 0 aliphatic carbocycles. The summed E-state index contributed by atoms with van der Waals surface area (Å²) in [6.07, 6.45) is 5.51. The van der Waals surface area contributed by atoms with Gasteiger partial charge in [0.2, 0.25) is 10.0 Å². The first-order valence-electron chi connectivity index (χ1n) is 8.61. The summed E-state index contributed by atoms with van der Waals surface area (Å²) in [5.41, 5.74) is 3.11. The van der Waals surface area contributed by atoms with Crippen LogP contribution >= 0.6 is 0 Å². The second-order valence-corrected chi connectivity index (χ2v) is 8.47. The number of aryl methyl sites for hydroxylation is 1. The fourth-order valence-corrected chi connectivity index (χ4v) is 4.38. The van der Waals surface area contributed by atoms with Crippen LogP contribution in [0.15, 0.2) is 36.7 Å². The first-order chi connectivity index (χ1) is 12.0. The molecule has 0 saturated carbocycles. The Hall–Kier alpha value is -1.83. The van der Waals surface area contributed by atoms with Gasteiger partial charge in [-0.25, -0.2) is 22.7 Å². The molecule has 1 aromatic heterocycles. The molecule has 1 aromatic carbocycles. The molecule has 0 bridgehead atoms. The first kappa shape index (κ1) is 18.0. The van der Waals surface area contributed by atoms with Crippen LogP contribution in [-0.4, -0.2) is 48.1 Å². The van der Waals surface area contributed by atoms with Crippen molar-refractivity contribution in [2.24, 2.45) is 0 Å². The molecule has 2 heterocycles. The van der Waals surface area contributed by atoms with Gasteiger partial charge < -0.3 is 5.32 Å². The molecule has 1 aliphatic rings. The lowest BCUT2D eigenvalue weighted by Gasteiger charge is -2.15. The molecule has 0 radical (unpaired) electrons. The van der Waals surface area contributed by atoms with Crippen LogP contribution < -0.4 is 5.32 Å². The molecule has 6 nitrogen and oxygen atoms in total. The van der Waals surface area contributed by atoms with Crippen molar-refractivity contribution in [3.8, 4) is 11.4 Å². The van der Waals surface area contributed by atoms with Crippen molar-refractivity contribution in [2.45, 2.75) is 26.3 Å². The summed E-state index contributed by atoms with van der Waals surface area (Å²) in [5.74, 6) is 0.832. The number of sulfonamides is 1. The van der Waals surface area contributed by atoms with E-state index in [0.29, 0.717) is 32.0 Å². The highest BCUT2D eigenvalue weighted by Gasteiger charge is 2.24. The van der Waals surface area contributed by atoms with E-state index in [1.807, 2.05) is 25.1 Å². The summed E-state index contributed by atoms with van der Waals surface area (Å²) in [4.78, 5) is 8.81. The zero-order valence-electron chi connectivity index (χ0n) is 14.5. The van der Waals surface area contributed by atoms with E-state index in [-0.39, 0.29) is 5.75 Å². The highest BCUT2D eigenvalue weighted by Crippen LogP contribution is 2.16. The van der Waals surface area contributed by atoms with Crippen molar-refractivity contribution in [1.82, 2.24) is 19.6 Å². The molecule has 25 heavy (non-hydrogen) atoms. The number of rotatable bonds is 7. The predicted octanol–water partition coefficient (Wildman–Crippen LogP) is 1.97. The van der Waals surface area contributed by atoms with Crippen molar-refractivity contribution in [2.75, 3.05) is 25.4 Å². The van der Waals surface area contributed by atoms with E-state index in [1.54, 1.807) is 16.7 Å². The van der Waals surface area contributed by atoms with Crippen LogP contribution in [0, 0.1) is 6.92 Å². The molecule has 0 spiro atoms.